The number of H-pyrrole nitrogens is 1. The third-order valence-electron chi connectivity index (χ3n) is 1.62. The third kappa shape index (κ3) is 1.31. The molecule has 0 aliphatic heterocycles. The molecule has 2 aromatic rings. The SMILES string of the molecule is O=Cc1cn[nH]c1-c1cccnn1. The number of rotatable bonds is 2. The van der Waals surface area contributed by atoms with E-state index in [0.29, 0.717) is 17.0 Å². The molecule has 0 aromatic carbocycles. The van der Waals surface area contributed by atoms with Crippen LogP contribution >= 0.6 is 0 Å². The average Bonchev–Trinajstić information content (AvgIpc) is 2.67. The second kappa shape index (κ2) is 3.14. The zero-order chi connectivity index (χ0) is 9.10. The number of aromatic amines is 1. The van der Waals surface area contributed by atoms with Gasteiger partial charge in [0.1, 0.15) is 5.69 Å². The first-order valence-electron chi connectivity index (χ1n) is 3.68. The number of aldehydes is 1. The Bertz CT molecular complexity index is 409. The van der Waals surface area contributed by atoms with E-state index < -0.39 is 0 Å². The summed E-state index contributed by atoms with van der Waals surface area (Å²) in [5, 5.41) is 14.0. The Morgan fingerprint density at radius 2 is 2.38 bits per heavy atom. The molecular weight excluding hydrogens is 168 g/mol. The van der Waals surface area contributed by atoms with Gasteiger partial charge in [0, 0.05) is 6.20 Å². The van der Waals surface area contributed by atoms with Crippen molar-refractivity contribution in [3.8, 4) is 11.4 Å². The van der Waals surface area contributed by atoms with Crippen LogP contribution in [0.25, 0.3) is 11.4 Å². The van der Waals surface area contributed by atoms with Gasteiger partial charge in [0.15, 0.2) is 6.29 Å². The molecule has 0 atom stereocenters. The summed E-state index contributed by atoms with van der Waals surface area (Å²) in [5.74, 6) is 0. The number of nitrogens with zero attached hydrogens (tertiary/aromatic N) is 3. The Labute approximate surface area is 73.8 Å². The molecule has 0 aliphatic carbocycles. The van der Waals surface area contributed by atoms with E-state index in [4.69, 9.17) is 0 Å². The number of hydrogen-bond donors (Lipinski definition) is 1. The van der Waals surface area contributed by atoms with Crippen molar-refractivity contribution in [2.45, 2.75) is 0 Å². The highest BCUT2D eigenvalue weighted by Gasteiger charge is 2.06. The first kappa shape index (κ1) is 7.60. The van der Waals surface area contributed by atoms with Gasteiger partial charge in [-0.1, -0.05) is 0 Å². The molecule has 0 spiro atoms. The molecule has 13 heavy (non-hydrogen) atoms. The molecule has 2 heterocycles. The summed E-state index contributed by atoms with van der Waals surface area (Å²) in [6.07, 6.45) is 3.75. The zero-order valence-corrected chi connectivity index (χ0v) is 6.64. The Balaban J connectivity index is 2.52. The van der Waals surface area contributed by atoms with Crippen molar-refractivity contribution in [1.82, 2.24) is 20.4 Å². The van der Waals surface area contributed by atoms with Gasteiger partial charge in [-0.05, 0) is 12.1 Å². The van der Waals surface area contributed by atoms with Crippen LogP contribution in [0.5, 0.6) is 0 Å². The van der Waals surface area contributed by atoms with E-state index in [2.05, 4.69) is 20.4 Å². The normalized spacial score (nSPS) is 9.85. The molecule has 0 saturated heterocycles. The number of carbonyl (C=O) groups is 1. The standard InChI is InChI=1S/C8H6N4O/c13-5-6-4-10-12-8(6)7-2-1-3-9-11-7/h1-5H,(H,10,12). The Morgan fingerprint density at radius 1 is 1.46 bits per heavy atom. The predicted molar refractivity (Wildman–Crippen MR) is 45.0 cm³/mol. The van der Waals surface area contributed by atoms with Crippen LogP contribution in [0.1, 0.15) is 10.4 Å². The summed E-state index contributed by atoms with van der Waals surface area (Å²) in [6, 6.07) is 3.51. The van der Waals surface area contributed by atoms with E-state index in [-0.39, 0.29) is 0 Å². The van der Waals surface area contributed by atoms with E-state index in [1.54, 1.807) is 18.3 Å². The lowest BCUT2D eigenvalue weighted by molar-refractivity contribution is 0.112. The van der Waals surface area contributed by atoms with Crippen LogP contribution in [0.3, 0.4) is 0 Å². The maximum atomic E-state index is 10.6. The van der Waals surface area contributed by atoms with Crippen LogP contribution < -0.4 is 0 Å². The highest BCUT2D eigenvalue weighted by molar-refractivity contribution is 5.84. The fraction of sp³-hybridized carbons (Fsp3) is 0. The van der Waals surface area contributed by atoms with Crippen molar-refractivity contribution in [3.63, 3.8) is 0 Å². The molecule has 2 rings (SSSR count). The topological polar surface area (TPSA) is 71.5 Å². The van der Waals surface area contributed by atoms with Gasteiger partial charge in [0.2, 0.25) is 0 Å². The summed E-state index contributed by atoms with van der Waals surface area (Å²) in [6.45, 7) is 0. The van der Waals surface area contributed by atoms with Gasteiger partial charge in [-0.25, -0.2) is 0 Å². The van der Waals surface area contributed by atoms with E-state index in [1.807, 2.05) is 0 Å². The van der Waals surface area contributed by atoms with E-state index in [0.717, 1.165) is 6.29 Å². The van der Waals surface area contributed by atoms with E-state index >= 15 is 0 Å². The van der Waals surface area contributed by atoms with Gasteiger partial charge in [-0.3, -0.25) is 9.89 Å². The number of carbonyl (C=O) groups excluding carboxylic acids is 1. The minimum absolute atomic E-state index is 0.487. The molecular formula is C8H6N4O. The predicted octanol–water partition coefficient (Wildman–Crippen LogP) is 0.679. The first-order valence-corrected chi connectivity index (χ1v) is 3.68. The molecule has 0 fully saturated rings. The van der Waals surface area contributed by atoms with Gasteiger partial charge in [0.05, 0.1) is 17.5 Å². The molecule has 5 nitrogen and oxygen atoms in total. The minimum Gasteiger partial charge on any atom is -0.298 e. The van der Waals surface area contributed by atoms with E-state index in [1.165, 1.54) is 6.20 Å². The van der Waals surface area contributed by atoms with Crippen molar-refractivity contribution >= 4 is 6.29 Å². The minimum atomic E-state index is 0.487. The molecule has 0 aliphatic rings. The second-order valence-electron chi connectivity index (χ2n) is 2.43. The van der Waals surface area contributed by atoms with Crippen LogP contribution in [-0.4, -0.2) is 26.7 Å². The van der Waals surface area contributed by atoms with Crippen molar-refractivity contribution in [1.29, 1.82) is 0 Å². The number of nitrogens with one attached hydrogen (secondary N) is 1. The molecule has 0 amide bonds. The lowest BCUT2D eigenvalue weighted by atomic mass is 10.2. The number of hydrogen-bond acceptors (Lipinski definition) is 4. The van der Waals surface area contributed by atoms with Crippen LogP contribution in [0, 0.1) is 0 Å². The molecule has 64 valence electrons. The van der Waals surface area contributed by atoms with Crippen molar-refractivity contribution in [2.24, 2.45) is 0 Å². The molecule has 1 N–H and O–H groups in total. The van der Waals surface area contributed by atoms with Gasteiger partial charge >= 0.3 is 0 Å². The Hall–Kier alpha value is -2.04. The summed E-state index contributed by atoms with van der Waals surface area (Å²) >= 11 is 0. The average molecular weight is 174 g/mol. The molecule has 2 aromatic heterocycles. The van der Waals surface area contributed by atoms with Crippen LogP contribution in [0.2, 0.25) is 0 Å². The van der Waals surface area contributed by atoms with Crippen LogP contribution in [-0.2, 0) is 0 Å². The fourth-order valence-corrected chi connectivity index (χ4v) is 1.02. The van der Waals surface area contributed by atoms with Crippen molar-refractivity contribution < 1.29 is 4.79 Å². The lowest BCUT2D eigenvalue weighted by Gasteiger charge is -1.94. The zero-order valence-electron chi connectivity index (χ0n) is 6.64. The molecule has 0 saturated carbocycles. The monoisotopic (exact) mass is 174 g/mol. The molecule has 0 bridgehead atoms. The highest BCUT2D eigenvalue weighted by atomic mass is 16.1. The summed E-state index contributed by atoms with van der Waals surface area (Å²) in [7, 11) is 0. The summed E-state index contributed by atoms with van der Waals surface area (Å²) < 4.78 is 0. The van der Waals surface area contributed by atoms with Gasteiger partial charge < -0.3 is 0 Å². The highest BCUT2D eigenvalue weighted by Crippen LogP contribution is 2.15. The Kier molecular flexibility index (Phi) is 1.84. The first-order chi connectivity index (χ1) is 6.42. The van der Waals surface area contributed by atoms with E-state index in [9.17, 15) is 4.79 Å². The van der Waals surface area contributed by atoms with Crippen LogP contribution in [0.4, 0.5) is 0 Å². The summed E-state index contributed by atoms with van der Waals surface area (Å²) in [5.41, 5.74) is 1.70. The van der Waals surface area contributed by atoms with Gasteiger partial charge in [0.25, 0.3) is 0 Å². The Morgan fingerprint density at radius 3 is 3.08 bits per heavy atom. The van der Waals surface area contributed by atoms with Crippen LogP contribution in [0.15, 0.2) is 24.5 Å². The maximum Gasteiger partial charge on any atom is 0.153 e. The lowest BCUT2D eigenvalue weighted by Crippen LogP contribution is -1.89. The maximum absolute atomic E-state index is 10.6. The third-order valence-corrected chi connectivity index (χ3v) is 1.62. The smallest absolute Gasteiger partial charge is 0.153 e. The summed E-state index contributed by atoms with van der Waals surface area (Å²) in [4.78, 5) is 10.6. The fourth-order valence-electron chi connectivity index (χ4n) is 1.02. The largest absolute Gasteiger partial charge is 0.298 e. The van der Waals surface area contributed by atoms with Gasteiger partial charge in [-0.2, -0.15) is 10.2 Å². The second-order valence-corrected chi connectivity index (χ2v) is 2.43. The van der Waals surface area contributed by atoms with Crippen molar-refractivity contribution in [2.75, 3.05) is 0 Å². The number of aromatic nitrogens is 4. The molecule has 5 heteroatoms. The quantitative estimate of drug-likeness (QED) is 0.679. The van der Waals surface area contributed by atoms with Crippen molar-refractivity contribution in [3.05, 3.63) is 30.1 Å². The molecule has 0 radical (unpaired) electrons. The molecule has 0 unspecified atom stereocenters. The van der Waals surface area contributed by atoms with Gasteiger partial charge in [-0.15, -0.1) is 5.10 Å².